The van der Waals surface area contributed by atoms with Crippen molar-refractivity contribution in [3.8, 4) is 0 Å². The van der Waals surface area contributed by atoms with Crippen LogP contribution in [0.4, 0.5) is 10.2 Å². The van der Waals surface area contributed by atoms with Gasteiger partial charge in [-0.1, -0.05) is 0 Å². The first-order chi connectivity index (χ1) is 9.90. The minimum Gasteiger partial charge on any atom is -0.465 e. The summed E-state index contributed by atoms with van der Waals surface area (Å²) in [6, 6.07) is 0. The molecule has 0 amide bonds. The Morgan fingerprint density at radius 1 is 1.67 bits per heavy atom. The average molecular weight is 303 g/mol. The second-order valence-corrected chi connectivity index (χ2v) is 4.40. The molecule has 0 aliphatic carbocycles. The van der Waals surface area contributed by atoms with Gasteiger partial charge in [0.15, 0.2) is 12.4 Å². The summed E-state index contributed by atoms with van der Waals surface area (Å²) in [5.74, 6) is -1.22. The predicted octanol–water partition coefficient (Wildman–Crippen LogP) is -1.80. The summed E-state index contributed by atoms with van der Waals surface area (Å²) >= 11 is 0. The van der Waals surface area contributed by atoms with Crippen LogP contribution < -0.4 is 11.4 Å². The molecule has 21 heavy (non-hydrogen) atoms. The fraction of sp³-hybridized carbons (Fsp3) is 0.545. The zero-order valence-electron chi connectivity index (χ0n) is 11.0. The van der Waals surface area contributed by atoms with E-state index in [4.69, 9.17) is 15.6 Å². The Bertz CT molecular complexity index is 606. The molecule has 9 nitrogen and oxygen atoms in total. The third-order valence-electron chi connectivity index (χ3n) is 3.13. The van der Waals surface area contributed by atoms with E-state index in [0.29, 0.717) is 4.57 Å². The van der Waals surface area contributed by atoms with Crippen LogP contribution in [0.3, 0.4) is 0 Å². The maximum atomic E-state index is 14.0. The number of halogens is 1. The highest BCUT2D eigenvalue weighted by Crippen LogP contribution is 2.31. The standard InChI is InChI=1S/C11H14FN3O6/c1-20-10(18)4-2-15(11(19)14-8(4)13)9-6(12)7(17)5(3-16)21-9/h2,5-7,9,16-17H,3H2,1H3,(H2,13,14,19)/t5-,6+,7-,9-/m1/s1. The number of rotatable bonds is 3. The SMILES string of the molecule is COC(=O)c1cn([C@@H]2O[C@H](CO)[C@@H](O)[C@@H]2F)c(=O)nc1N. The first-order valence-corrected chi connectivity index (χ1v) is 5.96. The molecule has 0 aromatic carbocycles. The van der Waals surface area contributed by atoms with Gasteiger partial charge in [0, 0.05) is 6.20 Å². The first-order valence-electron chi connectivity index (χ1n) is 5.96. The largest absolute Gasteiger partial charge is 0.465 e. The number of nitrogen functional groups attached to an aromatic ring is 1. The fourth-order valence-corrected chi connectivity index (χ4v) is 2.01. The minimum atomic E-state index is -1.98. The van der Waals surface area contributed by atoms with Crippen molar-refractivity contribution in [3.05, 3.63) is 22.2 Å². The van der Waals surface area contributed by atoms with Gasteiger partial charge in [-0.05, 0) is 0 Å². The van der Waals surface area contributed by atoms with E-state index in [2.05, 4.69) is 9.72 Å². The quantitative estimate of drug-likeness (QED) is 0.556. The van der Waals surface area contributed by atoms with Crippen molar-refractivity contribution in [1.29, 1.82) is 0 Å². The van der Waals surface area contributed by atoms with Crippen LogP contribution in [-0.2, 0) is 9.47 Å². The van der Waals surface area contributed by atoms with E-state index in [9.17, 15) is 19.1 Å². The van der Waals surface area contributed by atoms with E-state index in [0.717, 1.165) is 13.3 Å². The van der Waals surface area contributed by atoms with E-state index in [1.54, 1.807) is 0 Å². The number of nitrogens with zero attached hydrogens (tertiary/aromatic N) is 2. The Kier molecular flexibility index (Phi) is 4.21. The van der Waals surface area contributed by atoms with Crippen LogP contribution in [0.1, 0.15) is 16.6 Å². The molecule has 1 fully saturated rings. The molecule has 10 heteroatoms. The minimum absolute atomic E-state index is 0.241. The van der Waals surface area contributed by atoms with Crippen LogP contribution in [0.25, 0.3) is 0 Å². The number of carbonyl (C=O) groups excluding carboxylic acids is 1. The van der Waals surface area contributed by atoms with Crippen molar-refractivity contribution in [1.82, 2.24) is 9.55 Å². The summed E-state index contributed by atoms with van der Waals surface area (Å²) in [5.41, 5.74) is 4.23. The smallest absolute Gasteiger partial charge is 0.351 e. The maximum Gasteiger partial charge on any atom is 0.351 e. The van der Waals surface area contributed by atoms with Gasteiger partial charge in [0.2, 0.25) is 0 Å². The number of alkyl halides is 1. The summed E-state index contributed by atoms with van der Waals surface area (Å²) in [6.45, 7) is -0.626. The Morgan fingerprint density at radius 2 is 2.33 bits per heavy atom. The molecule has 1 aromatic heterocycles. The molecule has 4 atom stereocenters. The molecule has 2 heterocycles. The predicted molar refractivity (Wildman–Crippen MR) is 66.1 cm³/mol. The molecular weight excluding hydrogens is 289 g/mol. The Hall–Kier alpha value is -2.04. The summed E-state index contributed by atoms with van der Waals surface area (Å²) in [7, 11) is 1.10. The molecule has 0 unspecified atom stereocenters. The number of nitrogens with two attached hydrogens (primary N) is 1. The Balaban J connectivity index is 2.45. The van der Waals surface area contributed by atoms with E-state index >= 15 is 0 Å². The van der Waals surface area contributed by atoms with Gasteiger partial charge < -0.3 is 25.4 Å². The highest BCUT2D eigenvalue weighted by atomic mass is 19.1. The van der Waals surface area contributed by atoms with Gasteiger partial charge in [0.05, 0.1) is 13.7 Å². The van der Waals surface area contributed by atoms with Crippen LogP contribution in [0.5, 0.6) is 0 Å². The molecular formula is C11H14FN3O6. The molecule has 116 valence electrons. The highest BCUT2D eigenvalue weighted by Gasteiger charge is 2.45. The van der Waals surface area contributed by atoms with Gasteiger partial charge in [-0.15, -0.1) is 0 Å². The zero-order valence-corrected chi connectivity index (χ0v) is 11.0. The maximum absolute atomic E-state index is 14.0. The third kappa shape index (κ3) is 2.60. The molecule has 0 radical (unpaired) electrons. The zero-order chi connectivity index (χ0) is 15.7. The van der Waals surface area contributed by atoms with Gasteiger partial charge in [0.1, 0.15) is 23.6 Å². The topological polar surface area (TPSA) is 137 Å². The fourth-order valence-electron chi connectivity index (χ4n) is 2.01. The number of aliphatic hydroxyl groups is 2. The van der Waals surface area contributed by atoms with E-state index < -0.39 is 42.9 Å². The van der Waals surface area contributed by atoms with Crippen LogP contribution in [-0.4, -0.2) is 57.8 Å². The first kappa shape index (κ1) is 15.4. The number of aliphatic hydroxyl groups excluding tert-OH is 2. The summed E-state index contributed by atoms with van der Waals surface area (Å²) < 4.78 is 24.2. The monoisotopic (exact) mass is 303 g/mol. The van der Waals surface area contributed by atoms with Crippen LogP contribution in [0.2, 0.25) is 0 Å². The second-order valence-electron chi connectivity index (χ2n) is 4.40. The molecule has 1 saturated heterocycles. The number of ether oxygens (including phenoxy) is 2. The normalized spacial score (nSPS) is 28.6. The number of methoxy groups -OCH3 is 1. The van der Waals surface area contributed by atoms with Crippen molar-refractivity contribution in [2.75, 3.05) is 19.5 Å². The van der Waals surface area contributed by atoms with Crippen molar-refractivity contribution < 1.29 is 28.9 Å². The summed E-state index contributed by atoms with van der Waals surface area (Å²) in [5, 5.41) is 18.5. The molecule has 1 aliphatic rings. The van der Waals surface area contributed by atoms with Crippen molar-refractivity contribution >= 4 is 11.8 Å². The lowest BCUT2D eigenvalue weighted by atomic mass is 10.1. The molecule has 2 rings (SSSR count). The van der Waals surface area contributed by atoms with E-state index in [1.165, 1.54) is 0 Å². The molecule has 0 bridgehead atoms. The Morgan fingerprint density at radius 3 is 2.86 bits per heavy atom. The molecule has 0 spiro atoms. The lowest BCUT2D eigenvalue weighted by Crippen LogP contribution is -2.34. The van der Waals surface area contributed by atoms with Gasteiger partial charge in [0.25, 0.3) is 0 Å². The molecule has 1 aliphatic heterocycles. The number of anilines is 1. The van der Waals surface area contributed by atoms with Gasteiger partial charge >= 0.3 is 11.7 Å². The summed E-state index contributed by atoms with van der Waals surface area (Å²) in [4.78, 5) is 26.7. The van der Waals surface area contributed by atoms with E-state index in [-0.39, 0.29) is 11.4 Å². The van der Waals surface area contributed by atoms with Crippen LogP contribution in [0.15, 0.2) is 11.0 Å². The number of hydrogen-bond donors (Lipinski definition) is 3. The number of hydrogen-bond acceptors (Lipinski definition) is 8. The Labute approximate surface area is 117 Å². The van der Waals surface area contributed by atoms with Gasteiger partial charge in [-0.2, -0.15) is 4.98 Å². The lowest BCUT2D eigenvalue weighted by Gasteiger charge is -2.16. The van der Waals surface area contributed by atoms with E-state index in [1.807, 2.05) is 0 Å². The van der Waals surface area contributed by atoms with Crippen LogP contribution in [0, 0.1) is 0 Å². The average Bonchev–Trinajstić information content (AvgIpc) is 2.74. The molecule has 4 N–H and O–H groups in total. The molecule has 1 aromatic rings. The third-order valence-corrected chi connectivity index (χ3v) is 3.13. The number of aromatic nitrogens is 2. The van der Waals surface area contributed by atoms with Crippen molar-refractivity contribution in [2.45, 2.75) is 24.6 Å². The van der Waals surface area contributed by atoms with Crippen LogP contribution >= 0.6 is 0 Å². The van der Waals surface area contributed by atoms with Gasteiger partial charge in [-0.25, -0.2) is 14.0 Å². The van der Waals surface area contributed by atoms with Crippen molar-refractivity contribution in [2.24, 2.45) is 0 Å². The van der Waals surface area contributed by atoms with Crippen molar-refractivity contribution in [3.63, 3.8) is 0 Å². The second kappa shape index (κ2) is 5.76. The number of carbonyl (C=O) groups is 1. The highest BCUT2D eigenvalue weighted by molar-refractivity contribution is 5.93. The number of esters is 1. The lowest BCUT2D eigenvalue weighted by molar-refractivity contribution is -0.0491. The summed E-state index contributed by atoms with van der Waals surface area (Å²) in [6.07, 6.45) is -5.35. The van der Waals surface area contributed by atoms with Gasteiger partial charge in [-0.3, -0.25) is 4.57 Å². The molecule has 0 saturated carbocycles.